The first kappa shape index (κ1) is 19.1. The maximum absolute atomic E-state index is 12.4. The van der Waals surface area contributed by atoms with Crippen molar-refractivity contribution in [1.82, 2.24) is 4.98 Å². The lowest BCUT2D eigenvalue weighted by atomic mass is 9.90. The Morgan fingerprint density at radius 2 is 2.15 bits per heavy atom. The number of hydrogen-bond acceptors (Lipinski definition) is 5. The van der Waals surface area contributed by atoms with Gasteiger partial charge in [-0.2, -0.15) is 0 Å². The summed E-state index contributed by atoms with van der Waals surface area (Å²) in [5.41, 5.74) is 1.22. The Morgan fingerprint density at radius 3 is 2.88 bits per heavy atom. The van der Waals surface area contributed by atoms with Crippen molar-refractivity contribution in [3.8, 4) is 0 Å². The third-order valence-corrected chi connectivity index (χ3v) is 5.94. The van der Waals surface area contributed by atoms with Gasteiger partial charge in [-0.25, -0.2) is 9.78 Å². The second kappa shape index (κ2) is 7.94. The van der Waals surface area contributed by atoms with Crippen LogP contribution in [0.15, 0.2) is 18.3 Å². The molecule has 2 heterocycles. The quantitative estimate of drug-likeness (QED) is 0.734. The van der Waals surface area contributed by atoms with Crippen molar-refractivity contribution < 1.29 is 14.3 Å². The van der Waals surface area contributed by atoms with E-state index < -0.39 is 18.0 Å². The largest absolute Gasteiger partial charge is 0.448 e. The average Bonchev–Trinajstić information content (AvgIpc) is 3.00. The number of hydrogen-bond donors (Lipinski definition) is 1. The molecule has 2 atom stereocenters. The molecule has 0 aliphatic heterocycles. The Hall–Kier alpha value is -1.63. The lowest BCUT2D eigenvalue weighted by Crippen LogP contribution is -2.30. The number of aryl methyl sites for hydroxylation is 1. The number of carbonyl (C=O) groups is 2. The normalized spacial score (nSPS) is 17.3. The summed E-state index contributed by atoms with van der Waals surface area (Å²) in [5, 5.41) is 3.11. The number of pyridine rings is 1. The van der Waals surface area contributed by atoms with Gasteiger partial charge in [-0.1, -0.05) is 30.1 Å². The summed E-state index contributed by atoms with van der Waals surface area (Å²) in [4.78, 5) is 30.3. The molecule has 0 radical (unpaired) electrons. The number of ether oxygens (including phenoxy) is 1. The lowest BCUT2D eigenvalue weighted by molar-refractivity contribution is -0.123. The molecule has 0 fully saturated rings. The summed E-state index contributed by atoms with van der Waals surface area (Å²) in [6, 6.07) is 3.36. The molecule has 0 aromatic carbocycles. The number of halogens is 2. The molecule has 1 aliphatic rings. The van der Waals surface area contributed by atoms with Gasteiger partial charge in [0.2, 0.25) is 0 Å². The van der Waals surface area contributed by atoms with Crippen molar-refractivity contribution in [2.24, 2.45) is 5.92 Å². The van der Waals surface area contributed by atoms with Crippen LogP contribution in [-0.2, 0) is 22.4 Å². The van der Waals surface area contributed by atoms with E-state index in [1.807, 2.05) is 6.07 Å². The highest BCUT2D eigenvalue weighted by molar-refractivity contribution is 7.14. The van der Waals surface area contributed by atoms with Crippen LogP contribution in [0.1, 0.15) is 40.4 Å². The number of rotatable bonds is 4. The van der Waals surface area contributed by atoms with Gasteiger partial charge >= 0.3 is 5.97 Å². The summed E-state index contributed by atoms with van der Waals surface area (Å²) in [5.74, 6) is -0.202. The highest BCUT2D eigenvalue weighted by atomic mass is 35.5. The van der Waals surface area contributed by atoms with E-state index in [1.165, 1.54) is 41.0 Å². The van der Waals surface area contributed by atoms with Gasteiger partial charge in [-0.05, 0) is 49.8 Å². The molecule has 0 saturated heterocycles. The molecule has 2 aromatic rings. The molecule has 26 heavy (non-hydrogen) atoms. The smallest absolute Gasteiger partial charge is 0.349 e. The van der Waals surface area contributed by atoms with Gasteiger partial charge < -0.3 is 10.1 Å². The van der Waals surface area contributed by atoms with Gasteiger partial charge in [0.15, 0.2) is 11.9 Å². The van der Waals surface area contributed by atoms with E-state index in [2.05, 4.69) is 17.2 Å². The summed E-state index contributed by atoms with van der Waals surface area (Å²) in [7, 11) is 0. The fourth-order valence-electron chi connectivity index (χ4n) is 2.80. The Bertz CT molecular complexity index is 853. The fourth-order valence-corrected chi connectivity index (χ4v) is 4.32. The van der Waals surface area contributed by atoms with Crippen LogP contribution in [0, 0.1) is 5.92 Å². The van der Waals surface area contributed by atoms with Crippen LogP contribution >= 0.6 is 34.5 Å². The van der Waals surface area contributed by atoms with Gasteiger partial charge in [-0.3, -0.25) is 4.79 Å². The minimum atomic E-state index is -0.978. The van der Waals surface area contributed by atoms with E-state index in [1.54, 1.807) is 0 Å². The number of nitrogens with one attached hydrogen (secondary N) is 1. The number of esters is 1. The predicted octanol–water partition coefficient (Wildman–Crippen LogP) is 4.76. The Labute approximate surface area is 165 Å². The first-order chi connectivity index (χ1) is 12.3. The molecular weight excluding hydrogens is 395 g/mol. The van der Waals surface area contributed by atoms with Gasteiger partial charge in [0, 0.05) is 11.1 Å². The molecule has 138 valence electrons. The molecule has 1 amide bonds. The van der Waals surface area contributed by atoms with E-state index in [9.17, 15) is 9.59 Å². The number of carbonyl (C=O) groups excluding carboxylic acids is 2. The highest BCUT2D eigenvalue weighted by Gasteiger charge is 2.24. The first-order valence-corrected chi connectivity index (χ1v) is 9.85. The molecule has 0 spiro atoms. The monoisotopic (exact) mass is 412 g/mol. The van der Waals surface area contributed by atoms with Crippen LogP contribution in [0.25, 0.3) is 0 Å². The minimum Gasteiger partial charge on any atom is -0.448 e. The van der Waals surface area contributed by atoms with Gasteiger partial charge in [0.1, 0.15) is 4.88 Å². The fraction of sp³-hybridized carbons (Fsp3) is 0.389. The number of anilines is 1. The number of thiophene rings is 1. The second-order valence-corrected chi connectivity index (χ2v) is 8.41. The van der Waals surface area contributed by atoms with Crippen molar-refractivity contribution in [2.75, 3.05) is 5.32 Å². The van der Waals surface area contributed by atoms with Gasteiger partial charge in [0.05, 0.1) is 10.0 Å². The van der Waals surface area contributed by atoms with E-state index in [-0.39, 0.29) is 10.8 Å². The number of nitrogens with zero attached hydrogens (tertiary/aromatic N) is 1. The van der Waals surface area contributed by atoms with Crippen molar-refractivity contribution in [1.29, 1.82) is 0 Å². The molecule has 0 unspecified atom stereocenters. The summed E-state index contributed by atoms with van der Waals surface area (Å²) < 4.78 is 5.30. The van der Waals surface area contributed by atoms with Crippen LogP contribution in [0.3, 0.4) is 0 Å². The van der Waals surface area contributed by atoms with E-state index >= 15 is 0 Å². The van der Waals surface area contributed by atoms with Crippen molar-refractivity contribution in [3.05, 3.63) is 43.7 Å². The molecule has 1 N–H and O–H groups in total. The van der Waals surface area contributed by atoms with Crippen LogP contribution in [0.5, 0.6) is 0 Å². The predicted molar refractivity (Wildman–Crippen MR) is 103 cm³/mol. The lowest BCUT2D eigenvalue weighted by Gasteiger charge is -2.16. The maximum Gasteiger partial charge on any atom is 0.349 e. The number of aromatic nitrogens is 1. The number of amides is 1. The van der Waals surface area contributed by atoms with Crippen LogP contribution in [0.2, 0.25) is 10.0 Å². The molecule has 3 rings (SSSR count). The molecular formula is C18H18Cl2N2O3S. The van der Waals surface area contributed by atoms with Crippen molar-refractivity contribution in [3.63, 3.8) is 0 Å². The first-order valence-electron chi connectivity index (χ1n) is 8.28. The van der Waals surface area contributed by atoms with Crippen LogP contribution < -0.4 is 5.32 Å². The zero-order valence-electron chi connectivity index (χ0n) is 14.3. The molecule has 1 aliphatic carbocycles. The highest BCUT2D eigenvalue weighted by Crippen LogP contribution is 2.32. The Balaban J connectivity index is 1.62. The Morgan fingerprint density at radius 1 is 1.38 bits per heavy atom. The van der Waals surface area contributed by atoms with Crippen LogP contribution in [-0.4, -0.2) is 23.0 Å². The molecule has 0 saturated carbocycles. The molecule has 8 heteroatoms. The van der Waals surface area contributed by atoms with Gasteiger partial charge in [0.25, 0.3) is 5.91 Å². The number of fused-ring (bicyclic) bond motifs is 1. The second-order valence-electron chi connectivity index (χ2n) is 6.43. The maximum atomic E-state index is 12.4. The van der Waals surface area contributed by atoms with Crippen molar-refractivity contribution >= 4 is 52.2 Å². The van der Waals surface area contributed by atoms with Crippen molar-refractivity contribution in [2.45, 2.75) is 39.2 Å². The summed E-state index contributed by atoms with van der Waals surface area (Å²) in [6.45, 7) is 3.72. The Kier molecular flexibility index (Phi) is 5.85. The van der Waals surface area contributed by atoms with E-state index in [4.69, 9.17) is 27.9 Å². The topological polar surface area (TPSA) is 68.3 Å². The van der Waals surface area contributed by atoms with E-state index in [0.717, 1.165) is 19.3 Å². The average molecular weight is 413 g/mol. The molecule has 0 bridgehead atoms. The minimum absolute atomic E-state index is 0.171. The standard InChI is InChI=1S/C18H18Cl2N2O3S/c1-9-3-4-14-11(5-9)6-15(26-14)18(24)25-10(2)17(23)22-16-13(20)7-12(19)8-21-16/h6-10H,3-5H2,1-2H3,(H,21,22,23)/t9-,10+/m0/s1. The molecule has 2 aromatic heterocycles. The SMILES string of the molecule is C[C@H]1CCc2sc(C(=O)O[C@H](C)C(=O)Nc3ncc(Cl)cc3Cl)cc2C1. The van der Waals surface area contributed by atoms with E-state index in [0.29, 0.717) is 15.8 Å². The molecule has 5 nitrogen and oxygen atoms in total. The summed E-state index contributed by atoms with van der Waals surface area (Å²) >= 11 is 13.2. The zero-order valence-corrected chi connectivity index (χ0v) is 16.7. The van der Waals surface area contributed by atoms with Crippen LogP contribution in [0.4, 0.5) is 5.82 Å². The van der Waals surface area contributed by atoms with Gasteiger partial charge in [-0.15, -0.1) is 11.3 Å². The third-order valence-electron chi connectivity index (χ3n) is 4.23. The zero-order chi connectivity index (χ0) is 18.8. The summed E-state index contributed by atoms with van der Waals surface area (Å²) in [6.07, 6.45) is 3.50. The third kappa shape index (κ3) is 4.37.